The van der Waals surface area contributed by atoms with Crippen molar-refractivity contribution in [1.82, 2.24) is 20.4 Å². The summed E-state index contributed by atoms with van der Waals surface area (Å²) in [5.74, 6) is -0.00752. The van der Waals surface area contributed by atoms with Crippen LogP contribution in [0.2, 0.25) is 0 Å². The first-order valence-corrected chi connectivity index (χ1v) is 9.22. The number of hydrogen-bond acceptors (Lipinski definition) is 3. The number of rotatable bonds is 3. The standard InChI is InChI=1S/C20H24N4O2/c1-12-6-8-14(9-7-12)16-10-24(11-18(16)21-13(2)25)20(26)19-15-4-3-5-17(15)22-23-19/h6-9,16,18H,3-5,10-11H2,1-2H3,(H,21,25)(H,22,23)/t16-,18+/m0/s1. The molecule has 2 amide bonds. The molecule has 1 saturated heterocycles. The first-order valence-electron chi connectivity index (χ1n) is 9.22. The number of aromatic amines is 1. The lowest BCUT2D eigenvalue weighted by Gasteiger charge is -2.19. The second kappa shape index (κ2) is 6.59. The second-order valence-corrected chi connectivity index (χ2v) is 7.42. The Hall–Kier alpha value is -2.63. The van der Waals surface area contributed by atoms with Crippen LogP contribution in [0.15, 0.2) is 24.3 Å². The first-order chi connectivity index (χ1) is 12.5. The zero-order chi connectivity index (χ0) is 18.3. The maximum Gasteiger partial charge on any atom is 0.274 e. The van der Waals surface area contributed by atoms with Crippen LogP contribution in [0.1, 0.15) is 52.1 Å². The van der Waals surface area contributed by atoms with Crippen molar-refractivity contribution in [3.63, 3.8) is 0 Å². The third-order valence-corrected chi connectivity index (χ3v) is 5.51. The summed E-state index contributed by atoms with van der Waals surface area (Å²) < 4.78 is 0. The van der Waals surface area contributed by atoms with E-state index in [1.807, 2.05) is 4.90 Å². The summed E-state index contributed by atoms with van der Waals surface area (Å²) in [4.78, 5) is 26.6. The summed E-state index contributed by atoms with van der Waals surface area (Å²) in [6, 6.07) is 8.26. The Kier molecular flexibility index (Phi) is 4.26. The van der Waals surface area contributed by atoms with E-state index in [2.05, 4.69) is 46.7 Å². The van der Waals surface area contributed by atoms with E-state index in [0.29, 0.717) is 18.8 Å². The highest BCUT2D eigenvalue weighted by molar-refractivity contribution is 5.94. The van der Waals surface area contributed by atoms with Crippen LogP contribution >= 0.6 is 0 Å². The second-order valence-electron chi connectivity index (χ2n) is 7.42. The Balaban J connectivity index is 1.58. The molecule has 1 aliphatic heterocycles. The van der Waals surface area contributed by atoms with Gasteiger partial charge in [-0.05, 0) is 31.7 Å². The molecule has 1 aromatic carbocycles. The number of likely N-dealkylation sites (tertiary alicyclic amines) is 1. The molecule has 4 rings (SSSR count). The summed E-state index contributed by atoms with van der Waals surface area (Å²) in [6.45, 7) is 4.68. The number of nitrogens with one attached hydrogen (secondary N) is 2. The average Bonchev–Trinajstić information content (AvgIpc) is 3.29. The Bertz CT molecular complexity index is 840. The van der Waals surface area contributed by atoms with Gasteiger partial charge in [-0.2, -0.15) is 5.10 Å². The Morgan fingerprint density at radius 1 is 1.19 bits per heavy atom. The van der Waals surface area contributed by atoms with Gasteiger partial charge in [-0.25, -0.2) is 0 Å². The molecule has 0 radical (unpaired) electrons. The predicted octanol–water partition coefficient (Wildman–Crippen LogP) is 1.95. The highest BCUT2D eigenvalue weighted by Gasteiger charge is 2.38. The van der Waals surface area contributed by atoms with Gasteiger partial charge in [0, 0.05) is 37.2 Å². The van der Waals surface area contributed by atoms with E-state index < -0.39 is 0 Å². The van der Waals surface area contributed by atoms with Gasteiger partial charge in [0.25, 0.3) is 5.91 Å². The van der Waals surface area contributed by atoms with Crippen LogP contribution < -0.4 is 5.32 Å². The van der Waals surface area contributed by atoms with Gasteiger partial charge < -0.3 is 10.2 Å². The number of H-pyrrole nitrogens is 1. The van der Waals surface area contributed by atoms with Gasteiger partial charge in [0.2, 0.25) is 5.91 Å². The van der Waals surface area contributed by atoms with Gasteiger partial charge in [0.15, 0.2) is 5.69 Å². The molecule has 1 fully saturated rings. The Morgan fingerprint density at radius 2 is 1.96 bits per heavy atom. The van der Waals surface area contributed by atoms with E-state index in [9.17, 15) is 9.59 Å². The smallest absolute Gasteiger partial charge is 0.274 e. The van der Waals surface area contributed by atoms with Crippen LogP contribution in [0.5, 0.6) is 0 Å². The molecule has 2 N–H and O–H groups in total. The van der Waals surface area contributed by atoms with Gasteiger partial charge in [-0.3, -0.25) is 14.7 Å². The summed E-state index contributed by atoms with van der Waals surface area (Å²) in [7, 11) is 0. The molecule has 1 aromatic heterocycles. The maximum absolute atomic E-state index is 13.1. The van der Waals surface area contributed by atoms with Crippen molar-refractivity contribution in [3.8, 4) is 0 Å². The van der Waals surface area contributed by atoms with Gasteiger partial charge in [-0.15, -0.1) is 0 Å². The topological polar surface area (TPSA) is 78.1 Å². The highest BCUT2D eigenvalue weighted by Crippen LogP contribution is 2.30. The largest absolute Gasteiger partial charge is 0.351 e. The lowest BCUT2D eigenvalue weighted by molar-refractivity contribution is -0.119. The molecular weight excluding hydrogens is 328 g/mol. The molecule has 0 saturated carbocycles. The third-order valence-electron chi connectivity index (χ3n) is 5.51. The van der Waals surface area contributed by atoms with Crippen molar-refractivity contribution in [1.29, 1.82) is 0 Å². The van der Waals surface area contributed by atoms with Crippen LogP contribution in [-0.2, 0) is 17.6 Å². The molecule has 2 aliphatic rings. The van der Waals surface area contributed by atoms with E-state index in [-0.39, 0.29) is 23.8 Å². The number of benzene rings is 1. The minimum atomic E-state index is -0.0776. The predicted molar refractivity (Wildman–Crippen MR) is 98.0 cm³/mol. The maximum atomic E-state index is 13.1. The fourth-order valence-corrected chi connectivity index (χ4v) is 4.17. The van der Waals surface area contributed by atoms with Crippen LogP contribution in [0, 0.1) is 6.92 Å². The summed E-state index contributed by atoms with van der Waals surface area (Å²) in [5.41, 5.74) is 5.08. The van der Waals surface area contributed by atoms with Crippen LogP contribution in [-0.4, -0.2) is 46.0 Å². The number of carbonyl (C=O) groups is 2. The fourth-order valence-electron chi connectivity index (χ4n) is 4.17. The summed E-state index contributed by atoms with van der Waals surface area (Å²) >= 11 is 0. The molecule has 0 spiro atoms. The van der Waals surface area contributed by atoms with Crippen molar-refractivity contribution in [2.24, 2.45) is 0 Å². The third kappa shape index (κ3) is 3.00. The molecule has 26 heavy (non-hydrogen) atoms. The molecule has 6 heteroatoms. The quantitative estimate of drug-likeness (QED) is 0.886. The van der Waals surface area contributed by atoms with Crippen molar-refractivity contribution in [2.45, 2.75) is 45.1 Å². The summed E-state index contributed by atoms with van der Waals surface area (Å²) in [5, 5.41) is 10.3. The molecule has 0 bridgehead atoms. The highest BCUT2D eigenvalue weighted by atomic mass is 16.2. The van der Waals surface area contributed by atoms with E-state index in [0.717, 1.165) is 36.1 Å². The summed E-state index contributed by atoms with van der Waals surface area (Å²) in [6.07, 6.45) is 2.96. The minimum absolute atomic E-state index is 0.0330. The van der Waals surface area contributed by atoms with Gasteiger partial charge in [0.05, 0.1) is 6.04 Å². The van der Waals surface area contributed by atoms with Gasteiger partial charge in [-0.1, -0.05) is 29.8 Å². The molecule has 0 unspecified atom stereocenters. The van der Waals surface area contributed by atoms with Gasteiger partial charge >= 0.3 is 0 Å². The molecule has 2 atom stereocenters. The minimum Gasteiger partial charge on any atom is -0.351 e. The van der Waals surface area contributed by atoms with E-state index in [1.165, 1.54) is 12.5 Å². The number of amides is 2. The van der Waals surface area contributed by atoms with E-state index in [1.54, 1.807) is 0 Å². The SMILES string of the molecule is CC(=O)N[C@@H]1CN(C(=O)c2n[nH]c3c2CCC3)C[C@H]1c1ccc(C)cc1. The monoisotopic (exact) mass is 352 g/mol. The molecular formula is C20H24N4O2. The fraction of sp³-hybridized carbons (Fsp3) is 0.450. The number of hydrogen-bond donors (Lipinski definition) is 2. The lowest BCUT2D eigenvalue weighted by atomic mass is 9.93. The van der Waals surface area contributed by atoms with Crippen molar-refractivity contribution in [3.05, 3.63) is 52.3 Å². The Morgan fingerprint density at radius 3 is 2.69 bits per heavy atom. The van der Waals surface area contributed by atoms with Crippen molar-refractivity contribution in [2.75, 3.05) is 13.1 Å². The Labute approximate surface area is 153 Å². The molecule has 2 aromatic rings. The molecule has 6 nitrogen and oxygen atoms in total. The van der Waals surface area contributed by atoms with Gasteiger partial charge in [0.1, 0.15) is 0 Å². The average molecular weight is 352 g/mol. The molecule has 136 valence electrons. The molecule has 1 aliphatic carbocycles. The number of aryl methyl sites for hydroxylation is 2. The van der Waals surface area contributed by atoms with E-state index in [4.69, 9.17) is 0 Å². The zero-order valence-corrected chi connectivity index (χ0v) is 15.2. The van der Waals surface area contributed by atoms with Crippen LogP contribution in [0.25, 0.3) is 0 Å². The van der Waals surface area contributed by atoms with E-state index >= 15 is 0 Å². The number of aromatic nitrogens is 2. The van der Waals surface area contributed by atoms with Crippen LogP contribution in [0.4, 0.5) is 0 Å². The lowest BCUT2D eigenvalue weighted by Crippen LogP contribution is -2.39. The number of carbonyl (C=O) groups excluding carboxylic acids is 2. The zero-order valence-electron chi connectivity index (χ0n) is 15.2. The van der Waals surface area contributed by atoms with Crippen molar-refractivity contribution < 1.29 is 9.59 Å². The first kappa shape index (κ1) is 16.8. The normalized spacial score (nSPS) is 21.7. The number of fused-ring (bicyclic) bond motifs is 1. The van der Waals surface area contributed by atoms with Crippen LogP contribution in [0.3, 0.4) is 0 Å². The molecule has 2 heterocycles. The van der Waals surface area contributed by atoms with Crippen molar-refractivity contribution >= 4 is 11.8 Å². The number of nitrogens with zero attached hydrogens (tertiary/aromatic N) is 2.